The lowest BCUT2D eigenvalue weighted by Gasteiger charge is -2.21. The number of hydrogen-bond donors (Lipinski definition) is 0. The van der Waals surface area contributed by atoms with E-state index in [1.807, 2.05) is 26.0 Å². The van der Waals surface area contributed by atoms with Crippen LogP contribution in [0, 0.1) is 0 Å². The van der Waals surface area contributed by atoms with Crippen molar-refractivity contribution in [2.45, 2.75) is 58.5 Å². The van der Waals surface area contributed by atoms with Gasteiger partial charge in [-0.3, -0.25) is 4.89 Å². The van der Waals surface area contributed by atoms with Crippen LogP contribution in [0.15, 0.2) is 24.3 Å². The van der Waals surface area contributed by atoms with Crippen molar-refractivity contribution in [3.8, 4) is 0 Å². The summed E-state index contributed by atoms with van der Waals surface area (Å²) < 4.78 is 5.26. The van der Waals surface area contributed by atoms with Crippen molar-refractivity contribution in [3.05, 3.63) is 35.4 Å². The molecular formula is C18H28O4. The molecule has 0 aliphatic heterocycles. The Morgan fingerprint density at radius 3 is 2.41 bits per heavy atom. The number of carbonyl (C=O) groups is 1. The van der Waals surface area contributed by atoms with E-state index in [9.17, 15) is 4.79 Å². The highest BCUT2D eigenvalue weighted by Gasteiger charge is 2.16. The first kappa shape index (κ1) is 18.7. The van der Waals surface area contributed by atoms with Gasteiger partial charge in [0.05, 0.1) is 17.8 Å². The Balaban J connectivity index is 2.33. The number of methoxy groups -OCH3 is 1. The second-order valence-electron chi connectivity index (χ2n) is 6.06. The third kappa shape index (κ3) is 7.05. The summed E-state index contributed by atoms with van der Waals surface area (Å²) in [6, 6.07) is 7.51. The normalized spacial score (nSPS) is 11.5. The minimum absolute atomic E-state index is 0.285. The van der Waals surface area contributed by atoms with Crippen molar-refractivity contribution >= 4 is 5.97 Å². The highest BCUT2D eigenvalue weighted by Crippen LogP contribution is 2.13. The molecule has 0 aliphatic rings. The molecule has 0 radical (unpaired) electrons. The topological polar surface area (TPSA) is 44.8 Å². The van der Waals surface area contributed by atoms with Crippen molar-refractivity contribution in [2.24, 2.45) is 0 Å². The van der Waals surface area contributed by atoms with Crippen molar-refractivity contribution in [2.75, 3.05) is 13.7 Å². The molecule has 0 unspecified atom stereocenters. The minimum atomic E-state index is -0.463. The van der Waals surface area contributed by atoms with E-state index >= 15 is 0 Å². The van der Waals surface area contributed by atoms with Crippen molar-refractivity contribution in [1.82, 2.24) is 0 Å². The first-order valence-corrected chi connectivity index (χ1v) is 7.96. The molecule has 0 aliphatic carbocycles. The van der Waals surface area contributed by atoms with Crippen LogP contribution in [0.5, 0.6) is 0 Å². The van der Waals surface area contributed by atoms with Crippen LogP contribution >= 0.6 is 0 Å². The molecular weight excluding hydrogens is 280 g/mol. The molecule has 1 aromatic carbocycles. The Morgan fingerprint density at radius 1 is 1.14 bits per heavy atom. The van der Waals surface area contributed by atoms with E-state index in [1.165, 1.54) is 24.8 Å². The van der Waals surface area contributed by atoms with Gasteiger partial charge in [0.1, 0.15) is 0 Å². The zero-order valence-corrected chi connectivity index (χ0v) is 14.2. The Kier molecular flexibility index (Phi) is 8.13. The molecule has 1 rings (SSSR count). The van der Waals surface area contributed by atoms with Crippen LogP contribution in [0.25, 0.3) is 0 Å². The highest BCUT2D eigenvalue weighted by atomic mass is 17.2. The molecule has 0 heterocycles. The lowest BCUT2D eigenvalue weighted by molar-refractivity contribution is -0.247. The molecule has 0 atom stereocenters. The number of benzene rings is 1. The Hall–Kier alpha value is -1.39. The number of rotatable bonds is 10. The molecule has 0 aromatic heterocycles. The van der Waals surface area contributed by atoms with Crippen LogP contribution in [-0.2, 0) is 20.9 Å². The fourth-order valence-electron chi connectivity index (χ4n) is 1.92. The van der Waals surface area contributed by atoms with Crippen LogP contribution in [0.3, 0.4) is 0 Å². The minimum Gasteiger partial charge on any atom is -0.379 e. The second kappa shape index (κ2) is 9.59. The average molecular weight is 308 g/mol. The Morgan fingerprint density at radius 2 is 1.82 bits per heavy atom. The van der Waals surface area contributed by atoms with Crippen LogP contribution in [0.2, 0.25) is 0 Å². The van der Waals surface area contributed by atoms with E-state index < -0.39 is 5.97 Å². The third-order valence-electron chi connectivity index (χ3n) is 3.73. The van der Waals surface area contributed by atoms with E-state index in [0.29, 0.717) is 18.6 Å². The summed E-state index contributed by atoms with van der Waals surface area (Å²) in [4.78, 5) is 21.6. The maximum absolute atomic E-state index is 11.8. The molecule has 0 saturated heterocycles. The van der Waals surface area contributed by atoms with Crippen molar-refractivity contribution in [1.29, 1.82) is 0 Å². The summed E-state index contributed by atoms with van der Waals surface area (Å²) in [5.74, 6) is -0.463. The highest BCUT2D eigenvalue weighted by molar-refractivity contribution is 5.88. The first-order valence-electron chi connectivity index (χ1n) is 7.96. The van der Waals surface area contributed by atoms with Crippen molar-refractivity contribution < 1.29 is 19.3 Å². The SMILES string of the molecule is CCCCCc1ccc(C(=O)OOCCC(C)(C)OC)cc1. The van der Waals surface area contributed by atoms with Gasteiger partial charge in [-0.1, -0.05) is 31.9 Å². The predicted octanol–water partition coefficient (Wildman–Crippen LogP) is 4.32. The molecule has 1 aromatic rings. The van der Waals surface area contributed by atoms with E-state index in [2.05, 4.69) is 6.92 Å². The zero-order valence-electron chi connectivity index (χ0n) is 14.2. The van der Waals surface area contributed by atoms with Gasteiger partial charge in [0.25, 0.3) is 0 Å². The quantitative estimate of drug-likeness (QED) is 0.367. The molecule has 0 N–H and O–H groups in total. The van der Waals surface area contributed by atoms with Gasteiger partial charge in [0.15, 0.2) is 0 Å². The second-order valence-corrected chi connectivity index (χ2v) is 6.06. The number of unbranched alkanes of at least 4 members (excludes halogenated alkanes) is 2. The van der Waals surface area contributed by atoms with Gasteiger partial charge in [0, 0.05) is 13.5 Å². The predicted molar refractivity (Wildman–Crippen MR) is 86.7 cm³/mol. The molecule has 4 heteroatoms. The smallest absolute Gasteiger partial charge is 0.373 e. The summed E-state index contributed by atoms with van der Waals surface area (Å²) >= 11 is 0. The van der Waals surface area contributed by atoms with E-state index in [0.717, 1.165) is 6.42 Å². The van der Waals surface area contributed by atoms with E-state index in [1.54, 1.807) is 19.2 Å². The Bertz CT molecular complexity index is 437. The van der Waals surface area contributed by atoms with E-state index in [4.69, 9.17) is 14.5 Å². The fourth-order valence-corrected chi connectivity index (χ4v) is 1.92. The zero-order chi connectivity index (χ0) is 16.4. The number of carbonyl (C=O) groups excluding carboxylic acids is 1. The van der Waals surface area contributed by atoms with Crippen molar-refractivity contribution in [3.63, 3.8) is 0 Å². The van der Waals surface area contributed by atoms with Gasteiger partial charge in [-0.2, -0.15) is 4.89 Å². The van der Waals surface area contributed by atoms with Gasteiger partial charge in [-0.15, -0.1) is 0 Å². The fraction of sp³-hybridized carbons (Fsp3) is 0.611. The monoisotopic (exact) mass is 308 g/mol. The standard InChI is InChI=1S/C18H28O4/c1-5-6-7-8-15-9-11-16(12-10-15)17(19)22-21-14-13-18(2,3)20-4/h9-12H,5-8,13-14H2,1-4H3. The molecule has 0 saturated carbocycles. The van der Waals surface area contributed by atoms with Gasteiger partial charge < -0.3 is 4.74 Å². The number of ether oxygens (including phenoxy) is 1. The summed E-state index contributed by atoms with van der Waals surface area (Å²) in [5.41, 5.74) is 1.46. The van der Waals surface area contributed by atoms with Crippen LogP contribution in [0.1, 0.15) is 62.4 Å². The van der Waals surface area contributed by atoms with Gasteiger partial charge >= 0.3 is 5.97 Å². The van der Waals surface area contributed by atoms with Crippen LogP contribution < -0.4 is 0 Å². The molecule has 0 spiro atoms. The van der Waals surface area contributed by atoms with Crippen LogP contribution in [-0.4, -0.2) is 25.3 Å². The summed E-state index contributed by atoms with van der Waals surface area (Å²) in [6.07, 6.45) is 5.31. The Labute approximate surface area is 133 Å². The van der Waals surface area contributed by atoms with Crippen LogP contribution in [0.4, 0.5) is 0 Å². The average Bonchev–Trinajstić information content (AvgIpc) is 2.52. The molecule has 0 amide bonds. The van der Waals surface area contributed by atoms with E-state index in [-0.39, 0.29) is 5.60 Å². The molecule has 22 heavy (non-hydrogen) atoms. The lowest BCUT2D eigenvalue weighted by atomic mass is 10.1. The van der Waals surface area contributed by atoms with Gasteiger partial charge in [-0.25, -0.2) is 4.79 Å². The third-order valence-corrected chi connectivity index (χ3v) is 3.73. The first-order chi connectivity index (χ1) is 10.5. The van der Waals surface area contributed by atoms with Gasteiger partial charge in [-0.05, 0) is 44.4 Å². The molecule has 4 nitrogen and oxygen atoms in total. The van der Waals surface area contributed by atoms with Gasteiger partial charge in [0.2, 0.25) is 0 Å². The lowest BCUT2D eigenvalue weighted by Crippen LogP contribution is -2.24. The molecule has 124 valence electrons. The summed E-state index contributed by atoms with van der Waals surface area (Å²) in [5, 5.41) is 0. The maximum atomic E-state index is 11.8. The summed E-state index contributed by atoms with van der Waals surface area (Å²) in [7, 11) is 1.65. The maximum Gasteiger partial charge on any atom is 0.373 e. The largest absolute Gasteiger partial charge is 0.379 e. The summed E-state index contributed by atoms with van der Waals surface area (Å²) in [6.45, 7) is 6.40. The number of hydrogen-bond acceptors (Lipinski definition) is 4. The number of aryl methyl sites for hydroxylation is 1. The molecule has 0 bridgehead atoms. The molecule has 0 fully saturated rings.